The molecule has 0 saturated heterocycles. The summed E-state index contributed by atoms with van der Waals surface area (Å²) >= 11 is 12.9. The van der Waals surface area contributed by atoms with Crippen molar-refractivity contribution in [3.05, 3.63) is 28.2 Å². The Hall–Kier alpha value is -1.44. The van der Waals surface area contributed by atoms with E-state index in [1.807, 2.05) is 0 Å². The van der Waals surface area contributed by atoms with E-state index in [1.165, 1.54) is 34.7 Å². The first-order chi connectivity index (χ1) is 10.3. The monoisotopic (exact) mass is 362 g/mol. The standard InChI is InChI=1S/C13H16Cl2N4O2S/c1-18(2)11(20)17-13(22-4)19(3)12(21)16-8-5-6-9(14)10(15)7-8/h5-7H,1-4H3,(H,16,21). The molecule has 0 atom stereocenters. The van der Waals surface area contributed by atoms with Gasteiger partial charge in [-0.25, -0.2) is 9.59 Å². The zero-order valence-corrected chi connectivity index (χ0v) is 14.9. The minimum atomic E-state index is -0.446. The van der Waals surface area contributed by atoms with Crippen LogP contribution in [0.5, 0.6) is 0 Å². The normalized spacial score (nSPS) is 11.1. The van der Waals surface area contributed by atoms with Gasteiger partial charge in [0.05, 0.1) is 10.0 Å². The minimum absolute atomic E-state index is 0.274. The van der Waals surface area contributed by atoms with E-state index in [0.29, 0.717) is 15.7 Å². The fourth-order valence-electron chi connectivity index (χ4n) is 1.31. The molecule has 9 heteroatoms. The van der Waals surface area contributed by atoms with Crippen molar-refractivity contribution in [3.8, 4) is 0 Å². The van der Waals surface area contributed by atoms with Crippen molar-refractivity contribution in [2.45, 2.75) is 0 Å². The number of rotatable bonds is 1. The lowest BCUT2D eigenvalue weighted by molar-refractivity contribution is 0.227. The summed E-state index contributed by atoms with van der Waals surface area (Å²) < 4.78 is 0. The van der Waals surface area contributed by atoms with Gasteiger partial charge in [0.2, 0.25) is 0 Å². The largest absolute Gasteiger partial charge is 0.345 e. The number of anilines is 1. The Kier molecular flexibility index (Phi) is 6.99. The Balaban J connectivity index is 2.86. The third kappa shape index (κ3) is 5.08. The van der Waals surface area contributed by atoms with E-state index in [1.54, 1.807) is 32.5 Å². The molecule has 0 aliphatic rings. The average Bonchev–Trinajstić information content (AvgIpc) is 2.47. The van der Waals surface area contributed by atoms with Gasteiger partial charge >= 0.3 is 12.1 Å². The molecule has 0 aromatic heterocycles. The highest BCUT2D eigenvalue weighted by atomic mass is 35.5. The summed E-state index contributed by atoms with van der Waals surface area (Å²) in [6, 6.07) is 3.85. The van der Waals surface area contributed by atoms with Gasteiger partial charge in [-0.3, -0.25) is 4.90 Å². The van der Waals surface area contributed by atoms with Crippen LogP contribution in [0.2, 0.25) is 10.0 Å². The van der Waals surface area contributed by atoms with Crippen LogP contribution in [0.3, 0.4) is 0 Å². The number of benzene rings is 1. The Labute approximate surface area is 143 Å². The zero-order valence-electron chi connectivity index (χ0n) is 12.6. The first-order valence-electron chi connectivity index (χ1n) is 6.10. The second kappa shape index (κ2) is 8.26. The van der Waals surface area contributed by atoms with Gasteiger partial charge in [0.25, 0.3) is 0 Å². The molecule has 120 valence electrons. The summed E-state index contributed by atoms with van der Waals surface area (Å²) in [7, 11) is 4.68. The van der Waals surface area contributed by atoms with Crippen LogP contribution in [-0.2, 0) is 0 Å². The maximum absolute atomic E-state index is 12.2. The Morgan fingerprint density at radius 1 is 1.18 bits per heavy atom. The lowest BCUT2D eigenvalue weighted by Crippen LogP contribution is -2.36. The first-order valence-corrected chi connectivity index (χ1v) is 8.08. The van der Waals surface area contributed by atoms with E-state index in [9.17, 15) is 9.59 Å². The fourth-order valence-corrected chi connectivity index (χ4v) is 2.13. The molecule has 22 heavy (non-hydrogen) atoms. The van der Waals surface area contributed by atoms with Crippen LogP contribution >= 0.6 is 35.0 Å². The van der Waals surface area contributed by atoms with Gasteiger partial charge in [-0.2, -0.15) is 4.99 Å². The van der Waals surface area contributed by atoms with Crippen molar-refractivity contribution in [3.63, 3.8) is 0 Å². The second-order valence-corrected chi connectivity index (χ2v) is 5.98. The SMILES string of the molecule is CSC(=NC(=O)N(C)C)N(C)C(=O)Nc1ccc(Cl)c(Cl)c1. The van der Waals surface area contributed by atoms with Gasteiger partial charge in [0.1, 0.15) is 0 Å². The molecule has 0 aliphatic carbocycles. The molecule has 0 bridgehead atoms. The van der Waals surface area contributed by atoms with E-state index in [4.69, 9.17) is 23.2 Å². The Morgan fingerprint density at radius 2 is 1.82 bits per heavy atom. The first kappa shape index (κ1) is 18.6. The van der Waals surface area contributed by atoms with Crippen LogP contribution in [0.15, 0.2) is 23.2 Å². The van der Waals surface area contributed by atoms with Crippen molar-refractivity contribution in [2.75, 3.05) is 32.7 Å². The van der Waals surface area contributed by atoms with E-state index in [2.05, 4.69) is 10.3 Å². The molecule has 0 unspecified atom stereocenters. The maximum atomic E-state index is 12.2. The molecular formula is C13H16Cl2N4O2S. The molecule has 4 amide bonds. The summed E-state index contributed by atoms with van der Waals surface area (Å²) in [6.07, 6.45) is 1.73. The molecule has 1 N–H and O–H groups in total. The number of hydrogen-bond acceptors (Lipinski definition) is 3. The van der Waals surface area contributed by atoms with Crippen LogP contribution in [0, 0.1) is 0 Å². The molecule has 0 heterocycles. The van der Waals surface area contributed by atoms with E-state index in [-0.39, 0.29) is 5.17 Å². The van der Waals surface area contributed by atoms with Crippen LogP contribution in [-0.4, -0.2) is 54.4 Å². The van der Waals surface area contributed by atoms with Gasteiger partial charge in [0, 0.05) is 26.8 Å². The molecule has 1 aromatic rings. The summed E-state index contributed by atoms with van der Waals surface area (Å²) in [5.74, 6) is 0. The van der Waals surface area contributed by atoms with Gasteiger partial charge in [-0.1, -0.05) is 35.0 Å². The summed E-state index contributed by atoms with van der Waals surface area (Å²) in [5, 5.41) is 3.66. The molecule has 1 rings (SSSR count). The number of amides is 4. The third-order valence-electron chi connectivity index (χ3n) is 2.52. The lowest BCUT2D eigenvalue weighted by atomic mass is 10.3. The zero-order chi connectivity index (χ0) is 16.9. The minimum Gasteiger partial charge on any atom is -0.329 e. The van der Waals surface area contributed by atoms with Crippen molar-refractivity contribution in [2.24, 2.45) is 4.99 Å². The number of aliphatic imine (C=N–C) groups is 1. The molecule has 6 nitrogen and oxygen atoms in total. The van der Waals surface area contributed by atoms with E-state index < -0.39 is 12.1 Å². The van der Waals surface area contributed by atoms with Crippen molar-refractivity contribution < 1.29 is 9.59 Å². The average molecular weight is 363 g/mol. The van der Waals surface area contributed by atoms with Crippen LogP contribution in [0.25, 0.3) is 0 Å². The molecule has 0 saturated carbocycles. The molecule has 0 spiro atoms. The number of nitrogens with zero attached hydrogens (tertiary/aromatic N) is 3. The number of hydrogen-bond donors (Lipinski definition) is 1. The predicted octanol–water partition coefficient (Wildman–Crippen LogP) is 3.86. The number of halogens is 2. The van der Waals surface area contributed by atoms with Crippen LogP contribution in [0.1, 0.15) is 0 Å². The summed E-state index contributed by atoms with van der Waals surface area (Å²) in [4.78, 5) is 30.2. The second-order valence-electron chi connectivity index (χ2n) is 4.39. The van der Waals surface area contributed by atoms with E-state index in [0.717, 1.165) is 0 Å². The Bertz CT molecular complexity index is 608. The number of nitrogens with one attached hydrogen (secondary N) is 1. The number of carbonyl (C=O) groups excluding carboxylic acids is 2. The fraction of sp³-hybridized carbons (Fsp3) is 0.308. The van der Waals surface area contributed by atoms with Gasteiger partial charge in [-0.05, 0) is 24.5 Å². The maximum Gasteiger partial charge on any atom is 0.345 e. The smallest absolute Gasteiger partial charge is 0.329 e. The van der Waals surface area contributed by atoms with Crippen molar-refractivity contribution in [1.82, 2.24) is 9.80 Å². The molecule has 0 aliphatic heterocycles. The quantitative estimate of drug-likeness (QED) is 0.609. The predicted molar refractivity (Wildman–Crippen MR) is 93.3 cm³/mol. The molecular weight excluding hydrogens is 347 g/mol. The van der Waals surface area contributed by atoms with Gasteiger partial charge in [-0.15, -0.1) is 0 Å². The van der Waals surface area contributed by atoms with Crippen LogP contribution < -0.4 is 5.32 Å². The van der Waals surface area contributed by atoms with Crippen molar-refractivity contribution in [1.29, 1.82) is 0 Å². The lowest BCUT2D eigenvalue weighted by Gasteiger charge is -2.19. The molecule has 0 radical (unpaired) electrons. The number of thioether (sulfide) groups is 1. The highest BCUT2D eigenvalue weighted by Crippen LogP contribution is 2.25. The summed E-state index contributed by atoms with van der Waals surface area (Å²) in [6.45, 7) is 0. The highest BCUT2D eigenvalue weighted by Gasteiger charge is 2.17. The molecule has 1 aromatic carbocycles. The summed E-state index contributed by atoms with van der Waals surface area (Å²) in [5.41, 5.74) is 0.491. The highest BCUT2D eigenvalue weighted by molar-refractivity contribution is 8.13. The topological polar surface area (TPSA) is 65.0 Å². The number of amidine groups is 1. The Morgan fingerprint density at radius 3 is 2.32 bits per heavy atom. The number of carbonyl (C=O) groups is 2. The van der Waals surface area contributed by atoms with E-state index >= 15 is 0 Å². The van der Waals surface area contributed by atoms with Crippen LogP contribution in [0.4, 0.5) is 15.3 Å². The number of urea groups is 2. The third-order valence-corrected chi connectivity index (χ3v) is 3.99. The van der Waals surface area contributed by atoms with Crippen molar-refractivity contribution >= 4 is 57.9 Å². The van der Waals surface area contributed by atoms with Gasteiger partial charge < -0.3 is 10.2 Å². The molecule has 0 fully saturated rings. The van der Waals surface area contributed by atoms with Gasteiger partial charge in [0.15, 0.2) is 5.17 Å².